The topological polar surface area (TPSA) is 202 Å². The third-order valence-corrected chi connectivity index (χ3v) is 4.72. The number of amides is 3. The van der Waals surface area contributed by atoms with Crippen LogP contribution in [0.4, 0.5) is 0 Å². The van der Waals surface area contributed by atoms with Crippen LogP contribution in [0.25, 0.3) is 6.08 Å². The lowest BCUT2D eigenvalue weighted by Gasteiger charge is -2.12. The molecule has 0 fully saturated rings. The van der Waals surface area contributed by atoms with E-state index in [9.17, 15) is 34.2 Å². The smallest absolute Gasteiger partial charge is 0.326 e. The zero-order valence-corrected chi connectivity index (χ0v) is 19.2. The Labute approximate surface area is 202 Å². The first-order valence-electron chi connectivity index (χ1n) is 11.1. The summed E-state index contributed by atoms with van der Waals surface area (Å²) in [6.07, 6.45) is 4.42. The molecule has 0 aliphatic heterocycles. The van der Waals surface area contributed by atoms with Gasteiger partial charge < -0.3 is 36.4 Å². The second kappa shape index (κ2) is 15.7. The van der Waals surface area contributed by atoms with Gasteiger partial charge in [0.05, 0.1) is 6.42 Å². The van der Waals surface area contributed by atoms with Crippen LogP contribution in [0.1, 0.15) is 50.5 Å². The van der Waals surface area contributed by atoms with Gasteiger partial charge in [-0.2, -0.15) is 0 Å². The number of aromatic hydroxyl groups is 2. The number of carboxylic acid groups (broad SMARTS) is 2. The number of unbranched alkanes of at least 4 members (excludes halogenated alkanes) is 2. The monoisotopic (exact) mass is 493 g/mol. The molecule has 12 nitrogen and oxygen atoms in total. The van der Waals surface area contributed by atoms with Gasteiger partial charge in [0.2, 0.25) is 17.7 Å². The highest BCUT2D eigenvalue weighted by atomic mass is 16.4. The maximum Gasteiger partial charge on any atom is 0.326 e. The van der Waals surface area contributed by atoms with Gasteiger partial charge in [-0.3, -0.25) is 19.2 Å². The molecule has 1 rings (SSSR count). The summed E-state index contributed by atoms with van der Waals surface area (Å²) >= 11 is 0. The molecule has 1 atom stereocenters. The quantitative estimate of drug-likeness (QED) is 0.0984. The molecule has 0 aliphatic carbocycles. The SMILES string of the molecule is O=C(O)C[C@H](NC(=O)CCCCNC(=O)CCCCNC(=O)/C=C/c1ccc(O)c(O)c1)C(=O)O. The van der Waals surface area contributed by atoms with Crippen LogP contribution < -0.4 is 16.0 Å². The highest BCUT2D eigenvalue weighted by Crippen LogP contribution is 2.25. The fraction of sp³-hybridized carbons (Fsp3) is 0.435. The number of rotatable bonds is 16. The van der Waals surface area contributed by atoms with Gasteiger partial charge in [0.15, 0.2) is 11.5 Å². The van der Waals surface area contributed by atoms with Gasteiger partial charge in [-0.05, 0) is 49.5 Å². The summed E-state index contributed by atoms with van der Waals surface area (Å²) in [5, 5.41) is 43.7. The summed E-state index contributed by atoms with van der Waals surface area (Å²) in [5.74, 6) is -4.33. The minimum absolute atomic E-state index is 0.0152. The van der Waals surface area contributed by atoms with E-state index in [2.05, 4.69) is 16.0 Å². The predicted octanol–water partition coefficient (Wildman–Crippen LogP) is 0.728. The molecule has 0 saturated heterocycles. The van der Waals surface area contributed by atoms with Crippen LogP contribution in [0, 0.1) is 0 Å². The molecule has 12 heteroatoms. The van der Waals surface area contributed by atoms with Gasteiger partial charge in [0.1, 0.15) is 6.04 Å². The van der Waals surface area contributed by atoms with E-state index < -0.39 is 30.3 Å². The van der Waals surface area contributed by atoms with E-state index in [1.54, 1.807) is 6.07 Å². The molecule has 1 aromatic rings. The van der Waals surface area contributed by atoms with E-state index in [4.69, 9.17) is 10.2 Å². The summed E-state index contributed by atoms with van der Waals surface area (Å²) in [5.41, 5.74) is 0.551. The predicted molar refractivity (Wildman–Crippen MR) is 124 cm³/mol. The Morgan fingerprint density at radius 3 is 2.06 bits per heavy atom. The summed E-state index contributed by atoms with van der Waals surface area (Å²) < 4.78 is 0. The summed E-state index contributed by atoms with van der Waals surface area (Å²) in [7, 11) is 0. The third kappa shape index (κ3) is 13.3. The summed E-state index contributed by atoms with van der Waals surface area (Å²) in [4.78, 5) is 56.8. The minimum Gasteiger partial charge on any atom is -0.504 e. The van der Waals surface area contributed by atoms with E-state index in [1.165, 1.54) is 24.3 Å². The molecule has 0 aliphatic rings. The maximum absolute atomic E-state index is 11.8. The van der Waals surface area contributed by atoms with Crippen LogP contribution in [-0.4, -0.2) is 69.2 Å². The lowest BCUT2D eigenvalue weighted by molar-refractivity contribution is -0.147. The number of phenolic OH excluding ortho intramolecular Hbond substituents is 2. The average Bonchev–Trinajstić information content (AvgIpc) is 2.78. The van der Waals surface area contributed by atoms with Crippen molar-refractivity contribution in [2.45, 2.75) is 51.0 Å². The number of carboxylic acids is 2. The number of aliphatic carboxylic acids is 2. The van der Waals surface area contributed by atoms with Crippen molar-refractivity contribution in [3.8, 4) is 11.5 Å². The third-order valence-electron chi connectivity index (χ3n) is 4.72. The van der Waals surface area contributed by atoms with Gasteiger partial charge in [-0.1, -0.05) is 6.07 Å². The fourth-order valence-corrected chi connectivity index (χ4v) is 2.87. The van der Waals surface area contributed by atoms with Crippen molar-refractivity contribution in [2.75, 3.05) is 13.1 Å². The fourth-order valence-electron chi connectivity index (χ4n) is 2.87. The molecular formula is C23H31N3O9. The summed E-state index contributed by atoms with van der Waals surface area (Å²) in [6, 6.07) is 2.71. The number of benzene rings is 1. The highest BCUT2D eigenvalue weighted by molar-refractivity contribution is 5.91. The molecule has 0 unspecified atom stereocenters. The van der Waals surface area contributed by atoms with Crippen LogP contribution in [0.15, 0.2) is 24.3 Å². The van der Waals surface area contributed by atoms with Crippen molar-refractivity contribution >= 4 is 35.7 Å². The van der Waals surface area contributed by atoms with Gasteiger partial charge in [0.25, 0.3) is 0 Å². The molecule has 0 bridgehead atoms. The largest absolute Gasteiger partial charge is 0.504 e. The van der Waals surface area contributed by atoms with Gasteiger partial charge in [-0.15, -0.1) is 0 Å². The molecular weight excluding hydrogens is 462 g/mol. The molecule has 0 spiro atoms. The zero-order chi connectivity index (χ0) is 26.2. The molecule has 7 N–H and O–H groups in total. The normalized spacial score (nSPS) is 11.5. The standard InChI is InChI=1S/C23H31N3O9/c27-17-9-7-15(13-18(17)28)8-10-20(30)25-12-3-1-5-19(29)24-11-4-2-6-21(31)26-16(23(34)35)14-22(32)33/h7-10,13,16,27-28H,1-6,11-12,14H2,(H,24,29)(H,25,30)(H,26,31)(H,32,33)(H,34,35)/b10-8+/t16-/m0/s1. The molecule has 35 heavy (non-hydrogen) atoms. The van der Waals surface area contributed by atoms with Crippen molar-refractivity contribution in [2.24, 2.45) is 0 Å². The number of phenols is 2. The second-order valence-electron chi connectivity index (χ2n) is 7.69. The molecule has 1 aromatic carbocycles. The highest BCUT2D eigenvalue weighted by Gasteiger charge is 2.22. The van der Waals surface area contributed by atoms with Crippen LogP contribution in [0.3, 0.4) is 0 Å². The number of carbonyl (C=O) groups is 5. The Hall–Kier alpha value is -4.09. The number of hydrogen-bond acceptors (Lipinski definition) is 7. The molecule has 192 valence electrons. The van der Waals surface area contributed by atoms with E-state index in [1.807, 2.05) is 0 Å². The zero-order valence-electron chi connectivity index (χ0n) is 19.2. The maximum atomic E-state index is 11.8. The first-order chi connectivity index (χ1) is 16.6. The second-order valence-corrected chi connectivity index (χ2v) is 7.69. The lowest BCUT2D eigenvalue weighted by atomic mass is 10.1. The van der Waals surface area contributed by atoms with Crippen molar-refractivity contribution in [3.63, 3.8) is 0 Å². The Kier molecular flexibility index (Phi) is 13.0. The first kappa shape index (κ1) is 28.9. The Morgan fingerprint density at radius 2 is 1.46 bits per heavy atom. The Morgan fingerprint density at radius 1 is 0.829 bits per heavy atom. The van der Waals surface area contributed by atoms with Crippen molar-refractivity contribution < 1.29 is 44.4 Å². The molecule has 0 aromatic heterocycles. The van der Waals surface area contributed by atoms with E-state index >= 15 is 0 Å². The van der Waals surface area contributed by atoms with Crippen molar-refractivity contribution in [1.29, 1.82) is 0 Å². The van der Waals surface area contributed by atoms with Crippen LogP contribution in [-0.2, 0) is 24.0 Å². The molecule has 0 saturated carbocycles. The number of carbonyl (C=O) groups excluding carboxylic acids is 3. The number of nitrogens with one attached hydrogen (secondary N) is 3. The van der Waals surface area contributed by atoms with Gasteiger partial charge in [0, 0.05) is 32.0 Å². The van der Waals surface area contributed by atoms with E-state index in [-0.39, 0.29) is 36.2 Å². The summed E-state index contributed by atoms with van der Waals surface area (Å²) in [6.45, 7) is 0.726. The van der Waals surface area contributed by atoms with Crippen LogP contribution >= 0.6 is 0 Å². The Bertz CT molecular complexity index is 931. The van der Waals surface area contributed by atoms with Crippen molar-refractivity contribution in [3.05, 3.63) is 29.8 Å². The molecule has 0 heterocycles. The number of hydrogen-bond donors (Lipinski definition) is 7. The average molecular weight is 494 g/mol. The van der Waals surface area contributed by atoms with Crippen molar-refractivity contribution in [1.82, 2.24) is 16.0 Å². The van der Waals surface area contributed by atoms with Gasteiger partial charge >= 0.3 is 11.9 Å². The Balaban J connectivity index is 2.09. The molecule has 0 radical (unpaired) electrons. The van der Waals surface area contributed by atoms with Gasteiger partial charge in [-0.25, -0.2) is 4.79 Å². The minimum atomic E-state index is -1.48. The van der Waals surface area contributed by atoms with E-state index in [0.717, 1.165) is 0 Å². The first-order valence-corrected chi connectivity index (χ1v) is 11.1. The lowest BCUT2D eigenvalue weighted by Crippen LogP contribution is -2.42. The molecule has 3 amide bonds. The van der Waals surface area contributed by atoms with Crippen LogP contribution in [0.5, 0.6) is 11.5 Å². The van der Waals surface area contributed by atoms with Crippen LogP contribution in [0.2, 0.25) is 0 Å². The van der Waals surface area contributed by atoms with E-state index in [0.29, 0.717) is 44.3 Å².